The summed E-state index contributed by atoms with van der Waals surface area (Å²) in [5.41, 5.74) is 0.858. The Hall–Kier alpha value is -2.81. The van der Waals surface area contributed by atoms with Crippen LogP contribution in [0, 0.1) is 17.8 Å². The van der Waals surface area contributed by atoms with Crippen LogP contribution in [0.25, 0.3) is 0 Å². The van der Waals surface area contributed by atoms with Crippen molar-refractivity contribution in [3.63, 3.8) is 0 Å². The number of aromatic amines is 1. The number of esters is 1. The Balaban J connectivity index is 2.13. The van der Waals surface area contributed by atoms with Gasteiger partial charge in [0.05, 0.1) is 6.61 Å². The van der Waals surface area contributed by atoms with E-state index in [4.69, 9.17) is 9.47 Å². The molecular weight excluding hydrogens is 294 g/mol. The van der Waals surface area contributed by atoms with Gasteiger partial charge >= 0.3 is 5.97 Å². The smallest absolute Gasteiger partial charge is 0.364 e. The van der Waals surface area contributed by atoms with Crippen LogP contribution in [0.2, 0.25) is 0 Å². The summed E-state index contributed by atoms with van der Waals surface area (Å²) in [6.07, 6.45) is 0.836. The maximum atomic E-state index is 11.7. The van der Waals surface area contributed by atoms with Gasteiger partial charge in [-0.25, -0.2) is 9.89 Å². The lowest BCUT2D eigenvalue weighted by Gasteiger charge is -2.05. The lowest BCUT2D eigenvalue weighted by atomic mass is 10.1. The van der Waals surface area contributed by atoms with E-state index in [0.29, 0.717) is 11.7 Å². The van der Waals surface area contributed by atoms with Crippen LogP contribution in [0.4, 0.5) is 0 Å². The Morgan fingerprint density at radius 1 is 1.39 bits per heavy atom. The van der Waals surface area contributed by atoms with E-state index in [9.17, 15) is 4.79 Å². The molecule has 1 N–H and O–H groups in total. The van der Waals surface area contributed by atoms with Crippen molar-refractivity contribution in [1.29, 1.82) is 0 Å². The Bertz CT molecular complexity index is 726. The average molecular weight is 313 g/mol. The molecule has 1 heterocycles. The standard InChI is InChI=1S/C17H19N3O3/c1-4-22-17(21)15-16(19-20-18-15)23-14-10-6-9-13(11-14)8-5-7-12(2)3/h6,9-12H,4,7H2,1-3H3,(H,18,19,20). The average Bonchev–Trinajstić information content (AvgIpc) is 2.96. The molecule has 2 aromatic rings. The number of nitrogens with one attached hydrogen (secondary N) is 1. The minimum absolute atomic E-state index is 0.0168. The van der Waals surface area contributed by atoms with Crippen LogP contribution in [-0.4, -0.2) is 28.0 Å². The van der Waals surface area contributed by atoms with Gasteiger partial charge in [0.2, 0.25) is 5.69 Å². The molecule has 0 aliphatic carbocycles. The number of hydrogen-bond acceptors (Lipinski definition) is 5. The molecule has 0 saturated heterocycles. The van der Waals surface area contributed by atoms with E-state index in [-0.39, 0.29) is 18.2 Å². The predicted molar refractivity (Wildman–Crippen MR) is 85.2 cm³/mol. The number of rotatable bonds is 5. The Morgan fingerprint density at radius 3 is 2.96 bits per heavy atom. The highest BCUT2D eigenvalue weighted by Crippen LogP contribution is 2.22. The zero-order valence-electron chi connectivity index (χ0n) is 13.4. The minimum Gasteiger partial charge on any atom is -0.461 e. The predicted octanol–water partition coefficient (Wildman–Crippen LogP) is 3.17. The SMILES string of the molecule is CCOC(=O)c1nn[nH]c1Oc1cccc(C#CCC(C)C)c1. The first-order chi connectivity index (χ1) is 11.1. The van der Waals surface area contributed by atoms with Crippen molar-refractivity contribution in [2.75, 3.05) is 6.61 Å². The summed E-state index contributed by atoms with van der Waals surface area (Å²) >= 11 is 0. The summed E-state index contributed by atoms with van der Waals surface area (Å²) in [5, 5.41) is 9.82. The molecule has 6 nitrogen and oxygen atoms in total. The molecule has 1 aromatic heterocycles. The van der Waals surface area contributed by atoms with Gasteiger partial charge in [-0.15, -0.1) is 5.10 Å². The van der Waals surface area contributed by atoms with Crippen molar-refractivity contribution in [3.8, 4) is 23.5 Å². The van der Waals surface area contributed by atoms with Gasteiger partial charge in [-0.05, 0) is 31.0 Å². The maximum Gasteiger partial charge on any atom is 0.364 e. The summed E-state index contributed by atoms with van der Waals surface area (Å²) in [6, 6.07) is 7.30. The molecule has 120 valence electrons. The Kier molecular flexibility index (Phi) is 5.75. The number of H-pyrrole nitrogens is 1. The molecule has 0 aliphatic rings. The highest BCUT2D eigenvalue weighted by atomic mass is 16.5. The second-order valence-electron chi connectivity index (χ2n) is 5.24. The third-order valence-corrected chi connectivity index (χ3v) is 2.78. The van der Waals surface area contributed by atoms with Crippen LogP contribution in [0.15, 0.2) is 24.3 Å². The largest absolute Gasteiger partial charge is 0.461 e. The molecule has 6 heteroatoms. The lowest BCUT2D eigenvalue weighted by Crippen LogP contribution is -2.06. The summed E-state index contributed by atoms with van der Waals surface area (Å²) < 4.78 is 10.5. The highest BCUT2D eigenvalue weighted by Gasteiger charge is 2.19. The molecule has 0 atom stereocenters. The summed E-state index contributed by atoms with van der Waals surface area (Å²) in [6.45, 7) is 6.22. The molecule has 0 aliphatic heterocycles. The zero-order chi connectivity index (χ0) is 16.7. The van der Waals surface area contributed by atoms with Gasteiger partial charge in [-0.1, -0.05) is 37.0 Å². The van der Waals surface area contributed by atoms with Crippen molar-refractivity contribution in [2.24, 2.45) is 5.92 Å². The van der Waals surface area contributed by atoms with Gasteiger partial charge < -0.3 is 9.47 Å². The fourth-order valence-electron chi connectivity index (χ4n) is 1.74. The van der Waals surface area contributed by atoms with E-state index in [0.717, 1.165) is 12.0 Å². The van der Waals surface area contributed by atoms with Crippen LogP contribution in [0.3, 0.4) is 0 Å². The quantitative estimate of drug-likeness (QED) is 0.677. The topological polar surface area (TPSA) is 77.1 Å². The lowest BCUT2D eigenvalue weighted by molar-refractivity contribution is 0.0516. The monoisotopic (exact) mass is 313 g/mol. The molecule has 0 fully saturated rings. The first-order valence-corrected chi connectivity index (χ1v) is 7.45. The second-order valence-corrected chi connectivity index (χ2v) is 5.24. The van der Waals surface area contributed by atoms with Crippen molar-refractivity contribution in [2.45, 2.75) is 27.2 Å². The molecular formula is C17H19N3O3. The highest BCUT2D eigenvalue weighted by molar-refractivity contribution is 5.89. The van der Waals surface area contributed by atoms with Crippen molar-refractivity contribution < 1.29 is 14.3 Å². The minimum atomic E-state index is -0.580. The van der Waals surface area contributed by atoms with Gasteiger partial charge in [0.15, 0.2) is 0 Å². The molecule has 0 saturated carbocycles. The van der Waals surface area contributed by atoms with Gasteiger partial charge in [-0.3, -0.25) is 0 Å². The number of benzene rings is 1. The Labute approximate surface area is 135 Å². The summed E-state index contributed by atoms with van der Waals surface area (Å²) in [4.78, 5) is 11.7. The van der Waals surface area contributed by atoms with Crippen LogP contribution >= 0.6 is 0 Å². The molecule has 2 rings (SSSR count). The first-order valence-electron chi connectivity index (χ1n) is 7.45. The van der Waals surface area contributed by atoms with E-state index < -0.39 is 5.97 Å². The summed E-state index contributed by atoms with van der Waals surface area (Å²) in [5.74, 6) is 6.85. The first kappa shape index (κ1) is 16.6. The van der Waals surface area contributed by atoms with E-state index in [2.05, 4.69) is 41.1 Å². The molecule has 0 unspecified atom stereocenters. The normalized spacial score (nSPS) is 10.1. The summed E-state index contributed by atoms with van der Waals surface area (Å²) in [7, 11) is 0. The zero-order valence-corrected chi connectivity index (χ0v) is 13.4. The van der Waals surface area contributed by atoms with Crippen molar-refractivity contribution in [3.05, 3.63) is 35.5 Å². The van der Waals surface area contributed by atoms with E-state index >= 15 is 0 Å². The number of carbonyl (C=O) groups excluding carboxylic acids is 1. The van der Waals surface area contributed by atoms with Gasteiger partial charge in [0, 0.05) is 12.0 Å². The van der Waals surface area contributed by atoms with E-state index in [1.54, 1.807) is 19.1 Å². The van der Waals surface area contributed by atoms with Crippen LogP contribution in [0.1, 0.15) is 43.2 Å². The number of carbonyl (C=O) groups is 1. The number of nitrogens with zero attached hydrogens (tertiary/aromatic N) is 2. The second kappa shape index (κ2) is 7.99. The van der Waals surface area contributed by atoms with E-state index in [1.165, 1.54) is 0 Å². The Morgan fingerprint density at radius 2 is 2.22 bits per heavy atom. The molecule has 0 spiro atoms. The van der Waals surface area contributed by atoms with Crippen molar-refractivity contribution >= 4 is 5.97 Å². The van der Waals surface area contributed by atoms with Crippen molar-refractivity contribution in [1.82, 2.24) is 15.4 Å². The molecule has 0 bridgehead atoms. The van der Waals surface area contributed by atoms with Gasteiger partial charge in [-0.2, -0.15) is 0 Å². The maximum absolute atomic E-state index is 11.7. The third-order valence-electron chi connectivity index (χ3n) is 2.78. The number of ether oxygens (including phenoxy) is 2. The number of hydrogen-bond donors (Lipinski definition) is 1. The van der Waals surface area contributed by atoms with Crippen LogP contribution in [-0.2, 0) is 4.74 Å². The van der Waals surface area contributed by atoms with Gasteiger partial charge in [0.25, 0.3) is 5.88 Å². The van der Waals surface area contributed by atoms with E-state index in [1.807, 2.05) is 12.1 Å². The van der Waals surface area contributed by atoms with Gasteiger partial charge in [0.1, 0.15) is 5.75 Å². The van der Waals surface area contributed by atoms with Crippen LogP contribution in [0.5, 0.6) is 11.6 Å². The number of aromatic nitrogens is 3. The fraction of sp³-hybridized carbons (Fsp3) is 0.353. The van der Waals surface area contributed by atoms with Crippen LogP contribution < -0.4 is 4.74 Å². The fourth-order valence-corrected chi connectivity index (χ4v) is 1.74. The third kappa shape index (κ3) is 4.85. The molecule has 0 amide bonds. The molecule has 1 aromatic carbocycles. The molecule has 23 heavy (non-hydrogen) atoms. The molecule has 0 radical (unpaired) electrons.